The minimum atomic E-state index is -0.872. The largest absolute Gasteiger partial charge is 0.383 e. The minimum Gasteiger partial charge on any atom is -0.383 e. The third kappa shape index (κ3) is 5.55. The number of benzene rings is 3. The van der Waals surface area contributed by atoms with Crippen LogP contribution in [0.5, 0.6) is 0 Å². The summed E-state index contributed by atoms with van der Waals surface area (Å²) in [6.45, 7) is 2.72. The molecule has 2 amide bonds. The zero-order valence-corrected chi connectivity index (χ0v) is 19.9. The summed E-state index contributed by atoms with van der Waals surface area (Å²) in [4.78, 5) is 28.9. The summed E-state index contributed by atoms with van der Waals surface area (Å²) in [7, 11) is 1.58. The average Bonchev–Trinajstić information content (AvgIpc) is 3.30. The summed E-state index contributed by atoms with van der Waals surface area (Å²) in [6.07, 6.45) is 0.874. The topological polar surface area (TPSA) is 89.4 Å². The van der Waals surface area contributed by atoms with Crippen molar-refractivity contribution < 1.29 is 14.3 Å². The molecule has 0 bridgehead atoms. The molecule has 1 N–H and O–H groups in total. The molecule has 8 nitrogen and oxygen atoms in total. The summed E-state index contributed by atoms with van der Waals surface area (Å²) in [5.74, 6) is -0.565. The molecule has 0 aliphatic rings. The molecule has 0 radical (unpaired) electrons. The van der Waals surface area contributed by atoms with E-state index in [2.05, 4.69) is 22.6 Å². The zero-order valence-electron chi connectivity index (χ0n) is 19.9. The van der Waals surface area contributed by atoms with Gasteiger partial charge in [0.2, 0.25) is 11.8 Å². The number of aromatic nitrogens is 3. The predicted octanol–water partition coefficient (Wildman–Crippen LogP) is 3.53. The summed E-state index contributed by atoms with van der Waals surface area (Å²) in [5, 5.41) is 11.2. The Kier molecular flexibility index (Phi) is 7.84. The number of fused-ring (bicyclic) bond motifs is 1. The van der Waals surface area contributed by atoms with Gasteiger partial charge in [-0.3, -0.25) is 14.5 Å². The van der Waals surface area contributed by atoms with Crippen LogP contribution in [0.4, 0.5) is 5.69 Å². The van der Waals surface area contributed by atoms with Gasteiger partial charge in [0.1, 0.15) is 18.1 Å². The number of hydrogen-bond acceptors (Lipinski definition) is 5. The Balaban J connectivity index is 1.75. The minimum absolute atomic E-state index is 0.0648. The Morgan fingerprint density at radius 2 is 1.71 bits per heavy atom. The molecule has 0 saturated carbocycles. The number of methoxy groups -OCH3 is 1. The van der Waals surface area contributed by atoms with Crippen LogP contribution in [0, 0.1) is 0 Å². The summed E-state index contributed by atoms with van der Waals surface area (Å²) in [5.41, 5.74) is 3.94. The Morgan fingerprint density at radius 3 is 2.43 bits per heavy atom. The Morgan fingerprint density at radius 1 is 1.00 bits per heavy atom. The maximum absolute atomic E-state index is 13.9. The van der Waals surface area contributed by atoms with Crippen LogP contribution < -0.4 is 10.2 Å². The van der Waals surface area contributed by atoms with Crippen molar-refractivity contribution in [3.8, 4) is 0 Å². The number of nitrogens with zero attached hydrogens (tertiary/aromatic N) is 4. The molecule has 1 aromatic heterocycles. The molecule has 4 aromatic rings. The number of anilines is 1. The lowest BCUT2D eigenvalue weighted by Crippen LogP contribution is -2.46. The Hall–Kier alpha value is -4.04. The van der Waals surface area contributed by atoms with Gasteiger partial charge in [-0.1, -0.05) is 66.7 Å². The number of rotatable bonds is 10. The van der Waals surface area contributed by atoms with Crippen LogP contribution in [0.25, 0.3) is 11.0 Å². The van der Waals surface area contributed by atoms with E-state index in [4.69, 9.17) is 4.74 Å². The van der Waals surface area contributed by atoms with Gasteiger partial charge in [-0.25, -0.2) is 4.68 Å². The van der Waals surface area contributed by atoms with Gasteiger partial charge in [-0.15, -0.1) is 5.10 Å². The van der Waals surface area contributed by atoms with Crippen LogP contribution in [-0.2, 0) is 27.3 Å². The van der Waals surface area contributed by atoms with Crippen molar-refractivity contribution in [2.45, 2.75) is 25.9 Å². The first-order chi connectivity index (χ1) is 17.1. The van der Waals surface area contributed by atoms with Crippen molar-refractivity contribution in [1.82, 2.24) is 20.3 Å². The summed E-state index contributed by atoms with van der Waals surface area (Å²) in [6, 6.07) is 23.6. The van der Waals surface area contributed by atoms with Gasteiger partial charge in [0.15, 0.2) is 0 Å². The highest BCUT2D eigenvalue weighted by molar-refractivity contribution is 6.01. The van der Waals surface area contributed by atoms with E-state index in [1.807, 2.05) is 78.9 Å². The number of hydrogen-bond donors (Lipinski definition) is 1. The first kappa shape index (κ1) is 24.1. The molecule has 4 rings (SSSR count). The maximum atomic E-state index is 13.9. The van der Waals surface area contributed by atoms with E-state index in [1.165, 1.54) is 0 Å². The van der Waals surface area contributed by atoms with Crippen LogP contribution in [0.15, 0.2) is 78.9 Å². The van der Waals surface area contributed by atoms with Gasteiger partial charge in [0, 0.05) is 19.3 Å². The number of nitrogens with one attached hydrogen (secondary N) is 1. The maximum Gasteiger partial charge on any atom is 0.249 e. The first-order valence-electron chi connectivity index (χ1n) is 11.6. The number of carbonyl (C=O) groups is 2. The first-order valence-corrected chi connectivity index (χ1v) is 11.6. The zero-order chi connectivity index (χ0) is 24.6. The molecule has 1 heterocycles. The summed E-state index contributed by atoms with van der Waals surface area (Å²) < 4.78 is 6.66. The van der Waals surface area contributed by atoms with Crippen LogP contribution in [0.3, 0.4) is 0 Å². The van der Waals surface area contributed by atoms with Crippen molar-refractivity contribution in [2.75, 3.05) is 25.2 Å². The molecular formula is C27H29N5O3. The Bertz CT molecular complexity index is 1270. The Labute approximate surface area is 204 Å². The van der Waals surface area contributed by atoms with E-state index in [9.17, 15) is 9.59 Å². The third-order valence-corrected chi connectivity index (χ3v) is 5.82. The van der Waals surface area contributed by atoms with Crippen LogP contribution in [0.1, 0.15) is 24.1 Å². The second-order valence-corrected chi connectivity index (χ2v) is 8.12. The number of carbonyl (C=O) groups excluding carboxylic acids is 2. The van der Waals surface area contributed by atoms with Gasteiger partial charge in [-0.2, -0.15) is 0 Å². The predicted molar refractivity (Wildman–Crippen MR) is 135 cm³/mol. The second kappa shape index (κ2) is 11.4. The van der Waals surface area contributed by atoms with Gasteiger partial charge >= 0.3 is 0 Å². The van der Waals surface area contributed by atoms with Crippen molar-refractivity contribution in [1.29, 1.82) is 0 Å². The molecule has 0 fully saturated rings. The SMILES string of the molecule is CCc1ccc(N(C(=O)Cn2nnc3ccccc32)[C@H](C(=O)NCCOC)c2ccccc2)cc1. The smallest absolute Gasteiger partial charge is 0.249 e. The number of aryl methyl sites for hydroxylation is 1. The number of ether oxygens (including phenoxy) is 1. The van der Waals surface area contributed by atoms with Crippen molar-refractivity contribution in [3.63, 3.8) is 0 Å². The molecule has 35 heavy (non-hydrogen) atoms. The van der Waals surface area contributed by atoms with Crippen LogP contribution >= 0.6 is 0 Å². The quantitative estimate of drug-likeness (QED) is 0.358. The van der Waals surface area contributed by atoms with Gasteiger partial charge in [-0.05, 0) is 41.8 Å². The highest BCUT2D eigenvalue weighted by Gasteiger charge is 2.33. The lowest BCUT2D eigenvalue weighted by Gasteiger charge is -2.31. The highest BCUT2D eigenvalue weighted by Crippen LogP contribution is 2.29. The van der Waals surface area contributed by atoms with Crippen molar-refractivity contribution >= 4 is 28.5 Å². The molecule has 1 atom stereocenters. The summed E-state index contributed by atoms with van der Waals surface area (Å²) >= 11 is 0. The fourth-order valence-electron chi connectivity index (χ4n) is 3.99. The molecule has 8 heteroatoms. The number of para-hydroxylation sites is 1. The molecule has 180 valence electrons. The standard InChI is InChI=1S/C27H29N5O3/c1-3-20-13-15-22(16-14-20)32(25(33)19-31-24-12-8-7-11-23(24)29-30-31)26(21-9-5-4-6-10-21)27(34)28-17-18-35-2/h4-16,26H,3,17-19H2,1-2H3,(H,28,34)/t26-/m0/s1. The molecule has 0 aliphatic heterocycles. The van der Waals surface area contributed by atoms with E-state index in [0.717, 1.165) is 17.5 Å². The molecule has 0 spiro atoms. The van der Waals surface area contributed by atoms with E-state index in [0.29, 0.717) is 29.9 Å². The van der Waals surface area contributed by atoms with Gasteiger partial charge in [0.05, 0.1) is 12.1 Å². The van der Waals surface area contributed by atoms with E-state index < -0.39 is 6.04 Å². The van der Waals surface area contributed by atoms with E-state index in [-0.39, 0.29) is 18.4 Å². The fourth-order valence-corrected chi connectivity index (χ4v) is 3.99. The van der Waals surface area contributed by atoms with E-state index in [1.54, 1.807) is 16.7 Å². The molecule has 3 aromatic carbocycles. The molecular weight excluding hydrogens is 442 g/mol. The van der Waals surface area contributed by atoms with Crippen LogP contribution in [0.2, 0.25) is 0 Å². The van der Waals surface area contributed by atoms with E-state index >= 15 is 0 Å². The van der Waals surface area contributed by atoms with Gasteiger partial charge in [0.25, 0.3) is 0 Å². The number of amides is 2. The molecule has 0 unspecified atom stereocenters. The third-order valence-electron chi connectivity index (χ3n) is 5.82. The molecule has 0 saturated heterocycles. The fraction of sp³-hybridized carbons (Fsp3) is 0.259. The lowest BCUT2D eigenvalue weighted by atomic mass is 10.0. The van der Waals surface area contributed by atoms with Crippen molar-refractivity contribution in [2.24, 2.45) is 0 Å². The highest BCUT2D eigenvalue weighted by atomic mass is 16.5. The monoisotopic (exact) mass is 471 g/mol. The van der Waals surface area contributed by atoms with Gasteiger partial charge < -0.3 is 10.1 Å². The lowest BCUT2D eigenvalue weighted by molar-refractivity contribution is -0.127. The molecule has 0 aliphatic carbocycles. The normalized spacial score (nSPS) is 11.8. The second-order valence-electron chi connectivity index (χ2n) is 8.12. The van der Waals surface area contributed by atoms with Crippen molar-refractivity contribution in [3.05, 3.63) is 90.0 Å². The average molecular weight is 472 g/mol. The van der Waals surface area contributed by atoms with Crippen LogP contribution in [-0.4, -0.2) is 47.1 Å².